The molecule has 200 valence electrons. The van der Waals surface area contributed by atoms with Crippen LogP contribution in [-0.4, -0.2) is 25.8 Å². The minimum atomic E-state index is -1.31. The van der Waals surface area contributed by atoms with Gasteiger partial charge in [-0.15, -0.1) is 0 Å². The number of nitrogens with zero attached hydrogens (tertiary/aromatic N) is 4. The molecule has 0 saturated carbocycles. The molecule has 0 aliphatic carbocycles. The van der Waals surface area contributed by atoms with Gasteiger partial charge in [-0.25, -0.2) is 4.79 Å². The molecule has 40 heavy (non-hydrogen) atoms. The highest BCUT2D eigenvalue weighted by Crippen LogP contribution is 2.40. The average molecular weight is 546 g/mol. The maximum absolute atomic E-state index is 12.8. The predicted octanol–water partition coefficient (Wildman–Crippen LogP) is 6.23. The maximum atomic E-state index is 12.8. The SMILES string of the molecule is O=C(Oc1ccccc1-c1ccc([N+](=O)[O-])cc1[N+](=O)[O-])Oc1ccccc1-c1ccc([N+](=O)[O-])cc1[N+](=O)[O-]. The van der Waals surface area contributed by atoms with E-state index in [0.717, 1.165) is 36.4 Å². The van der Waals surface area contributed by atoms with Gasteiger partial charge in [-0.1, -0.05) is 36.4 Å². The minimum Gasteiger partial charge on any atom is -0.394 e. The van der Waals surface area contributed by atoms with Crippen molar-refractivity contribution in [1.29, 1.82) is 0 Å². The Balaban J connectivity index is 1.68. The van der Waals surface area contributed by atoms with Crippen LogP contribution in [0, 0.1) is 40.5 Å². The summed E-state index contributed by atoms with van der Waals surface area (Å²) in [6, 6.07) is 17.3. The molecule has 4 rings (SSSR count). The third-order valence-corrected chi connectivity index (χ3v) is 5.52. The van der Waals surface area contributed by atoms with E-state index in [1.54, 1.807) is 0 Å². The molecule has 0 saturated heterocycles. The molecule has 0 unspecified atom stereocenters. The summed E-state index contributed by atoms with van der Waals surface area (Å²) in [6.45, 7) is 0. The number of ether oxygens (including phenoxy) is 2. The van der Waals surface area contributed by atoms with Gasteiger partial charge in [0.05, 0.1) is 43.0 Å². The monoisotopic (exact) mass is 546 g/mol. The highest BCUT2D eigenvalue weighted by atomic mass is 16.7. The Morgan fingerprint density at radius 3 is 1.23 bits per heavy atom. The summed E-state index contributed by atoms with van der Waals surface area (Å²) in [6.07, 6.45) is -1.31. The van der Waals surface area contributed by atoms with E-state index in [2.05, 4.69) is 0 Å². The van der Waals surface area contributed by atoms with Gasteiger partial charge >= 0.3 is 6.16 Å². The van der Waals surface area contributed by atoms with E-state index in [1.165, 1.54) is 48.5 Å². The summed E-state index contributed by atoms with van der Waals surface area (Å²) in [5.74, 6) is -0.355. The highest BCUT2D eigenvalue weighted by Gasteiger charge is 2.26. The van der Waals surface area contributed by atoms with Gasteiger partial charge in [-0.2, -0.15) is 0 Å². The Kier molecular flexibility index (Phi) is 7.38. The molecule has 0 radical (unpaired) electrons. The molecule has 0 aliphatic rings. The molecule has 0 aromatic heterocycles. The van der Waals surface area contributed by atoms with Crippen LogP contribution in [0.5, 0.6) is 11.5 Å². The number of hydrogen-bond acceptors (Lipinski definition) is 11. The van der Waals surface area contributed by atoms with Crippen molar-refractivity contribution >= 4 is 28.9 Å². The number of para-hydroxylation sites is 2. The number of carbonyl (C=O) groups excluding carboxylic acids is 1. The van der Waals surface area contributed by atoms with Crippen molar-refractivity contribution in [2.24, 2.45) is 0 Å². The first-order valence-electron chi connectivity index (χ1n) is 11.0. The second kappa shape index (κ2) is 11.0. The van der Waals surface area contributed by atoms with Crippen LogP contribution >= 0.6 is 0 Å². The summed E-state index contributed by atoms with van der Waals surface area (Å²) < 4.78 is 10.6. The Morgan fingerprint density at radius 2 is 0.875 bits per heavy atom. The van der Waals surface area contributed by atoms with E-state index in [0.29, 0.717) is 0 Å². The fraction of sp³-hybridized carbons (Fsp3) is 0. The summed E-state index contributed by atoms with van der Waals surface area (Å²) in [5, 5.41) is 45.4. The first-order chi connectivity index (χ1) is 19.1. The Labute approximate surface area is 222 Å². The quantitative estimate of drug-likeness (QED) is 0.105. The van der Waals surface area contributed by atoms with Gasteiger partial charge in [0.2, 0.25) is 0 Å². The lowest BCUT2D eigenvalue weighted by molar-refractivity contribution is -0.394. The zero-order valence-corrected chi connectivity index (χ0v) is 19.9. The van der Waals surface area contributed by atoms with Crippen LogP contribution in [0.2, 0.25) is 0 Å². The fourth-order valence-corrected chi connectivity index (χ4v) is 3.78. The van der Waals surface area contributed by atoms with Crippen molar-refractivity contribution in [2.75, 3.05) is 0 Å². The number of non-ortho nitro benzene ring substituents is 2. The van der Waals surface area contributed by atoms with E-state index in [-0.39, 0.29) is 33.8 Å². The van der Waals surface area contributed by atoms with Gasteiger partial charge in [-0.05, 0) is 24.3 Å². The van der Waals surface area contributed by atoms with E-state index in [4.69, 9.17) is 9.47 Å². The molecule has 0 spiro atoms. The summed E-state index contributed by atoms with van der Waals surface area (Å²) in [5.41, 5.74) is -2.25. The third-order valence-electron chi connectivity index (χ3n) is 5.52. The van der Waals surface area contributed by atoms with Crippen LogP contribution in [0.25, 0.3) is 22.3 Å². The van der Waals surface area contributed by atoms with Crippen LogP contribution in [0.3, 0.4) is 0 Å². The molecule has 0 fully saturated rings. The highest BCUT2D eigenvalue weighted by molar-refractivity contribution is 5.84. The van der Waals surface area contributed by atoms with E-state index >= 15 is 0 Å². The largest absolute Gasteiger partial charge is 0.519 e. The van der Waals surface area contributed by atoms with Crippen molar-refractivity contribution in [2.45, 2.75) is 0 Å². The minimum absolute atomic E-state index is 0.0559. The second-order valence-corrected chi connectivity index (χ2v) is 7.88. The smallest absolute Gasteiger partial charge is 0.394 e. The van der Waals surface area contributed by atoms with Crippen LogP contribution in [-0.2, 0) is 0 Å². The first kappa shape index (κ1) is 26.8. The molecule has 0 atom stereocenters. The standard InChI is InChI=1S/C25H14N4O11/c30-25(39-23-7-3-1-5-19(23)17-11-9-15(26(31)32)13-21(17)28(35)36)40-24-8-4-2-6-20(24)18-12-10-16(27(33)34)14-22(18)29(37)38/h1-14H. The van der Waals surface area contributed by atoms with Crippen molar-refractivity contribution in [3.8, 4) is 33.8 Å². The molecular formula is C25H14N4O11. The van der Waals surface area contributed by atoms with Gasteiger partial charge in [0.15, 0.2) is 0 Å². The summed E-state index contributed by atoms with van der Waals surface area (Å²) in [7, 11) is 0. The zero-order chi connectivity index (χ0) is 29.0. The average Bonchev–Trinajstić information content (AvgIpc) is 2.92. The van der Waals surface area contributed by atoms with Crippen molar-refractivity contribution in [3.05, 3.63) is 125 Å². The van der Waals surface area contributed by atoms with Crippen LogP contribution in [0.1, 0.15) is 0 Å². The lowest BCUT2D eigenvalue weighted by Gasteiger charge is -2.13. The summed E-state index contributed by atoms with van der Waals surface area (Å²) in [4.78, 5) is 55.0. The molecule has 15 nitrogen and oxygen atoms in total. The molecule has 4 aromatic rings. The maximum Gasteiger partial charge on any atom is 0.519 e. The lowest BCUT2D eigenvalue weighted by Crippen LogP contribution is -2.15. The second-order valence-electron chi connectivity index (χ2n) is 7.88. The fourth-order valence-electron chi connectivity index (χ4n) is 3.78. The molecular weight excluding hydrogens is 532 g/mol. The van der Waals surface area contributed by atoms with Gasteiger partial charge < -0.3 is 9.47 Å². The van der Waals surface area contributed by atoms with E-state index in [1.807, 2.05) is 0 Å². The number of rotatable bonds is 8. The predicted molar refractivity (Wildman–Crippen MR) is 137 cm³/mol. The van der Waals surface area contributed by atoms with Crippen molar-refractivity contribution < 1.29 is 34.0 Å². The van der Waals surface area contributed by atoms with E-state index in [9.17, 15) is 45.3 Å². The Bertz CT molecular complexity index is 1580. The molecule has 0 N–H and O–H groups in total. The van der Waals surface area contributed by atoms with Gasteiger partial charge in [-0.3, -0.25) is 40.5 Å². The third kappa shape index (κ3) is 5.52. The number of carbonyl (C=O) groups is 1. The number of nitro groups is 4. The molecule has 4 aromatic carbocycles. The normalized spacial score (nSPS) is 10.4. The number of hydrogen-bond donors (Lipinski definition) is 0. The molecule has 0 amide bonds. The first-order valence-corrected chi connectivity index (χ1v) is 11.0. The van der Waals surface area contributed by atoms with Gasteiger partial charge in [0, 0.05) is 23.3 Å². The van der Waals surface area contributed by atoms with E-state index < -0.39 is 48.6 Å². The molecule has 0 bridgehead atoms. The Hall–Kier alpha value is -6.25. The Morgan fingerprint density at radius 1 is 0.500 bits per heavy atom. The van der Waals surface area contributed by atoms with Gasteiger partial charge in [0.1, 0.15) is 11.5 Å². The molecule has 15 heteroatoms. The van der Waals surface area contributed by atoms with Crippen molar-refractivity contribution in [3.63, 3.8) is 0 Å². The molecule has 0 aliphatic heterocycles. The van der Waals surface area contributed by atoms with Crippen LogP contribution in [0.15, 0.2) is 84.9 Å². The zero-order valence-electron chi connectivity index (χ0n) is 19.9. The topological polar surface area (TPSA) is 208 Å². The molecule has 0 heterocycles. The van der Waals surface area contributed by atoms with Gasteiger partial charge in [0.25, 0.3) is 22.7 Å². The van der Waals surface area contributed by atoms with Crippen LogP contribution in [0.4, 0.5) is 27.5 Å². The number of benzene rings is 4. The van der Waals surface area contributed by atoms with Crippen LogP contribution < -0.4 is 9.47 Å². The van der Waals surface area contributed by atoms with Crippen molar-refractivity contribution in [1.82, 2.24) is 0 Å². The lowest BCUT2D eigenvalue weighted by atomic mass is 10.0. The number of nitro benzene ring substituents is 4. The summed E-state index contributed by atoms with van der Waals surface area (Å²) >= 11 is 0.